The van der Waals surface area contributed by atoms with Gasteiger partial charge < -0.3 is 25.4 Å². The summed E-state index contributed by atoms with van der Waals surface area (Å²) in [5.74, 6) is -1.58. The summed E-state index contributed by atoms with van der Waals surface area (Å²) in [5.41, 5.74) is 2.48. The maximum absolute atomic E-state index is 12.0. The molecular weight excluding hydrogens is 306 g/mol. The number of anilines is 3. The van der Waals surface area contributed by atoms with E-state index in [1.54, 1.807) is 26.2 Å². The Balaban J connectivity index is 1.93. The smallest absolute Gasteiger partial charge is 0.230 e. The van der Waals surface area contributed by atoms with Crippen molar-refractivity contribution in [1.82, 2.24) is 0 Å². The lowest BCUT2D eigenvalue weighted by Gasteiger charge is -2.21. The molecule has 24 heavy (non-hydrogen) atoms. The van der Waals surface area contributed by atoms with E-state index in [0.717, 1.165) is 11.4 Å². The largest absolute Gasteiger partial charge is 0.544 e. The van der Waals surface area contributed by atoms with E-state index in [1.165, 1.54) is 0 Å². The predicted octanol–water partition coefficient (Wildman–Crippen LogP) is 0.0218. The van der Waals surface area contributed by atoms with Crippen molar-refractivity contribution in [3.05, 3.63) is 54.6 Å². The second-order valence-electron chi connectivity index (χ2n) is 5.77. The van der Waals surface area contributed by atoms with Gasteiger partial charge in [0.1, 0.15) is 6.04 Å². The summed E-state index contributed by atoms with van der Waals surface area (Å²) in [4.78, 5) is 23.6. The number of para-hydroxylation sites is 1. The van der Waals surface area contributed by atoms with Crippen molar-refractivity contribution in [3.8, 4) is 0 Å². The van der Waals surface area contributed by atoms with E-state index in [1.807, 2.05) is 42.5 Å². The normalized spacial score (nSPS) is 11.8. The van der Waals surface area contributed by atoms with Crippen LogP contribution in [0.3, 0.4) is 0 Å². The summed E-state index contributed by atoms with van der Waals surface area (Å²) < 4.78 is 0. The minimum atomic E-state index is -1.23. The van der Waals surface area contributed by atoms with Crippen LogP contribution in [0.1, 0.15) is 6.42 Å². The maximum Gasteiger partial charge on any atom is 0.230 e. The minimum Gasteiger partial charge on any atom is -0.544 e. The van der Waals surface area contributed by atoms with Crippen LogP contribution < -0.4 is 20.6 Å². The highest BCUT2D eigenvalue weighted by Crippen LogP contribution is 2.18. The quantitative estimate of drug-likeness (QED) is 0.669. The van der Waals surface area contributed by atoms with E-state index >= 15 is 0 Å². The lowest BCUT2D eigenvalue weighted by molar-refractivity contribution is -0.878. The average molecular weight is 327 g/mol. The first-order valence-electron chi connectivity index (χ1n) is 7.68. The summed E-state index contributed by atoms with van der Waals surface area (Å²) >= 11 is 0. The van der Waals surface area contributed by atoms with Crippen LogP contribution in [0.2, 0.25) is 0 Å². The third kappa shape index (κ3) is 5.10. The monoisotopic (exact) mass is 327 g/mol. The molecule has 0 saturated heterocycles. The predicted molar refractivity (Wildman–Crippen MR) is 91.0 cm³/mol. The van der Waals surface area contributed by atoms with Gasteiger partial charge in [-0.15, -0.1) is 0 Å². The first kappa shape index (κ1) is 17.5. The number of aliphatic carboxylic acids is 1. The van der Waals surface area contributed by atoms with Crippen LogP contribution in [0.25, 0.3) is 0 Å². The molecule has 0 unspecified atom stereocenters. The van der Waals surface area contributed by atoms with Gasteiger partial charge in [0, 0.05) is 17.1 Å². The van der Waals surface area contributed by atoms with Crippen LogP contribution in [-0.2, 0) is 9.59 Å². The lowest BCUT2D eigenvalue weighted by Crippen LogP contribution is -3.12. The second-order valence-corrected chi connectivity index (χ2v) is 5.77. The Bertz CT molecular complexity index is 684. The fraction of sp³-hybridized carbons (Fsp3) is 0.222. The van der Waals surface area contributed by atoms with E-state index in [-0.39, 0.29) is 12.3 Å². The number of carbonyl (C=O) groups excluding carboxylic acids is 2. The highest BCUT2D eigenvalue weighted by atomic mass is 16.4. The molecule has 0 aliphatic carbocycles. The Morgan fingerprint density at radius 1 is 0.958 bits per heavy atom. The molecule has 3 N–H and O–H groups in total. The number of amides is 1. The summed E-state index contributed by atoms with van der Waals surface area (Å²) in [6.07, 6.45) is -0.130. The zero-order valence-corrected chi connectivity index (χ0v) is 13.7. The molecule has 6 heteroatoms. The number of hydrogen-bond acceptors (Lipinski definition) is 4. The van der Waals surface area contributed by atoms with Crippen molar-refractivity contribution in [2.45, 2.75) is 12.5 Å². The van der Waals surface area contributed by atoms with Crippen LogP contribution in [-0.4, -0.2) is 32.0 Å². The van der Waals surface area contributed by atoms with Crippen molar-refractivity contribution in [1.29, 1.82) is 0 Å². The van der Waals surface area contributed by atoms with E-state index in [4.69, 9.17) is 0 Å². The zero-order valence-electron chi connectivity index (χ0n) is 13.7. The Labute approximate surface area is 141 Å². The molecule has 2 aromatic carbocycles. The number of rotatable bonds is 7. The van der Waals surface area contributed by atoms with Crippen LogP contribution in [0.4, 0.5) is 17.1 Å². The lowest BCUT2D eigenvalue weighted by atomic mass is 10.1. The molecule has 1 amide bonds. The van der Waals surface area contributed by atoms with E-state index < -0.39 is 12.0 Å². The Hall–Kier alpha value is -2.86. The van der Waals surface area contributed by atoms with Gasteiger partial charge in [-0.2, -0.15) is 0 Å². The average Bonchev–Trinajstić information content (AvgIpc) is 2.55. The van der Waals surface area contributed by atoms with Crippen LogP contribution >= 0.6 is 0 Å². The van der Waals surface area contributed by atoms with Crippen molar-refractivity contribution in [3.63, 3.8) is 0 Å². The molecule has 0 bridgehead atoms. The highest BCUT2D eigenvalue weighted by molar-refractivity contribution is 5.93. The van der Waals surface area contributed by atoms with E-state index in [2.05, 4.69) is 10.6 Å². The third-order valence-electron chi connectivity index (χ3n) is 3.60. The van der Waals surface area contributed by atoms with Crippen LogP contribution in [0.15, 0.2) is 54.6 Å². The molecule has 0 aliphatic rings. The summed E-state index contributed by atoms with van der Waals surface area (Å²) in [5, 5.41) is 17.0. The summed E-state index contributed by atoms with van der Waals surface area (Å²) in [6, 6.07) is 16.1. The Morgan fingerprint density at radius 2 is 1.50 bits per heavy atom. The number of carboxylic acid groups (broad SMARTS) is 1. The number of likely N-dealkylation sites (N-methyl/N-ethyl adjacent to an activating group) is 1. The minimum absolute atomic E-state index is 0.130. The zero-order chi connectivity index (χ0) is 17.5. The van der Waals surface area contributed by atoms with E-state index in [9.17, 15) is 14.7 Å². The van der Waals surface area contributed by atoms with Gasteiger partial charge in [-0.25, -0.2) is 0 Å². The van der Waals surface area contributed by atoms with Gasteiger partial charge in [0.25, 0.3) is 0 Å². The summed E-state index contributed by atoms with van der Waals surface area (Å²) in [6.45, 7) is 0. The van der Waals surface area contributed by atoms with Crippen molar-refractivity contribution >= 4 is 28.9 Å². The SMILES string of the molecule is C[NH+](C)[C@@H](CC(=O)Nc1ccc(Nc2ccccc2)cc1)C(=O)[O-]. The first-order chi connectivity index (χ1) is 11.5. The van der Waals surface area contributed by atoms with Gasteiger partial charge in [-0.3, -0.25) is 4.79 Å². The van der Waals surface area contributed by atoms with Crippen molar-refractivity contribution in [2.24, 2.45) is 0 Å². The first-order valence-corrected chi connectivity index (χ1v) is 7.68. The van der Waals surface area contributed by atoms with Gasteiger partial charge in [0.05, 0.1) is 26.5 Å². The molecule has 0 aromatic heterocycles. The standard InChI is InChI=1S/C18H21N3O3/c1-21(2)16(18(23)24)12-17(22)20-15-10-8-14(9-11-15)19-13-6-4-3-5-7-13/h3-11,16,19H,12H2,1-2H3,(H,20,22)(H,23,24)/t16-/m0/s1. The number of hydrogen-bond donors (Lipinski definition) is 3. The number of nitrogens with one attached hydrogen (secondary N) is 3. The molecule has 0 aliphatic heterocycles. The topological polar surface area (TPSA) is 85.7 Å². The van der Waals surface area contributed by atoms with Gasteiger partial charge in [-0.1, -0.05) is 18.2 Å². The molecule has 2 aromatic rings. The third-order valence-corrected chi connectivity index (χ3v) is 3.60. The second kappa shape index (κ2) is 8.12. The van der Waals surface area contributed by atoms with Crippen LogP contribution in [0, 0.1) is 0 Å². The summed E-state index contributed by atoms with van der Waals surface area (Å²) in [7, 11) is 3.36. The maximum atomic E-state index is 12.0. The van der Waals surface area contributed by atoms with Gasteiger partial charge in [0.2, 0.25) is 5.91 Å². The number of carbonyl (C=O) groups is 2. The fourth-order valence-corrected chi connectivity index (χ4v) is 2.25. The molecule has 126 valence electrons. The molecule has 0 heterocycles. The molecule has 0 radical (unpaired) electrons. The Morgan fingerprint density at radius 3 is 2.04 bits per heavy atom. The molecule has 2 rings (SSSR count). The van der Waals surface area contributed by atoms with Crippen molar-refractivity contribution < 1.29 is 19.6 Å². The number of quaternary nitrogens is 1. The van der Waals surface area contributed by atoms with Gasteiger partial charge >= 0.3 is 0 Å². The van der Waals surface area contributed by atoms with Gasteiger partial charge in [-0.05, 0) is 36.4 Å². The molecule has 0 spiro atoms. The molecule has 0 fully saturated rings. The Kier molecular flexibility index (Phi) is 5.92. The van der Waals surface area contributed by atoms with Crippen molar-refractivity contribution in [2.75, 3.05) is 24.7 Å². The molecule has 6 nitrogen and oxygen atoms in total. The molecule has 0 saturated carbocycles. The molecular formula is C18H21N3O3. The fourth-order valence-electron chi connectivity index (χ4n) is 2.25. The molecule has 1 atom stereocenters. The number of carboxylic acids is 1. The van der Waals surface area contributed by atoms with Gasteiger partial charge in [0.15, 0.2) is 0 Å². The van der Waals surface area contributed by atoms with Crippen LogP contribution in [0.5, 0.6) is 0 Å². The number of benzene rings is 2. The highest BCUT2D eigenvalue weighted by Gasteiger charge is 2.20. The van der Waals surface area contributed by atoms with E-state index in [0.29, 0.717) is 10.6 Å².